The average molecular weight is 294 g/mol. The molecule has 3 nitrogen and oxygen atoms in total. The van der Waals surface area contributed by atoms with Crippen LogP contribution in [0.4, 0.5) is 0 Å². The number of ether oxygens (including phenoxy) is 3. The van der Waals surface area contributed by atoms with Crippen LogP contribution in [0, 0.1) is 0 Å². The minimum atomic E-state index is 0.224. The standard InChI is InChI=1S/C19H18O3/c1-3-5-14-7-9-16(10-8-14)22-18-12-15(6-4-2)11-17-19(18)21-13-20-17/h3-4,7-12H,1-2,5-6,13H2. The highest BCUT2D eigenvalue weighted by atomic mass is 16.7. The first-order valence-corrected chi connectivity index (χ1v) is 7.21. The highest BCUT2D eigenvalue weighted by molar-refractivity contribution is 5.56. The van der Waals surface area contributed by atoms with Crippen LogP contribution in [0.25, 0.3) is 0 Å². The summed E-state index contributed by atoms with van der Waals surface area (Å²) in [6.45, 7) is 7.74. The van der Waals surface area contributed by atoms with Gasteiger partial charge in [0.05, 0.1) is 0 Å². The number of allylic oxidation sites excluding steroid dienone is 2. The summed E-state index contributed by atoms with van der Waals surface area (Å²) in [5.41, 5.74) is 2.28. The Morgan fingerprint density at radius 3 is 2.41 bits per heavy atom. The molecule has 1 aliphatic rings. The molecular weight excluding hydrogens is 276 g/mol. The maximum absolute atomic E-state index is 5.98. The average Bonchev–Trinajstić information content (AvgIpc) is 2.98. The van der Waals surface area contributed by atoms with Crippen molar-refractivity contribution in [3.05, 3.63) is 72.8 Å². The van der Waals surface area contributed by atoms with E-state index >= 15 is 0 Å². The van der Waals surface area contributed by atoms with Crippen molar-refractivity contribution in [3.63, 3.8) is 0 Å². The van der Waals surface area contributed by atoms with Gasteiger partial charge in [0.2, 0.25) is 12.5 Å². The van der Waals surface area contributed by atoms with Crippen LogP contribution in [0.15, 0.2) is 61.7 Å². The third kappa shape index (κ3) is 2.98. The summed E-state index contributed by atoms with van der Waals surface area (Å²) in [5.74, 6) is 2.81. The maximum Gasteiger partial charge on any atom is 0.231 e. The molecule has 0 radical (unpaired) electrons. The third-order valence-corrected chi connectivity index (χ3v) is 3.41. The first kappa shape index (κ1) is 14.3. The van der Waals surface area contributed by atoms with Crippen LogP contribution >= 0.6 is 0 Å². The van der Waals surface area contributed by atoms with E-state index in [1.54, 1.807) is 0 Å². The zero-order valence-electron chi connectivity index (χ0n) is 12.4. The molecule has 3 rings (SSSR count). The molecule has 0 unspecified atom stereocenters. The van der Waals surface area contributed by atoms with Crippen molar-refractivity contribution in [2.45, 2.75) is 12.8 Å². The molecule has 0 bridgehead atoms. The summed E-state index contributed by atoms with van der Waals surface area (Å²) in [4.78, 5) is 0. The fourth-order valence-corrected chi connectivity index (χ4v) is 2.38. The zero-order chi connectivity index (χ0) is 15.4. The molecule has 0 saturated heterocycles. The van der Waals surface area contributed by atoms with Crippen LogP contribution < -0.4 is 14.2 Å². The lowest BCUT2D eigenvalue weighted by Gasteiger charge is -2.10. The summed E-state index contributed by atoms with van der Waals surface area (Å²) < 4.78 is 17.0. The van der Waals surface area contributed by atoms with Gasteiger partial charge < -0.3 is 14.2 Å². The quantitative estimate of drug-likeness (QED) is 0.725. The molecule has 0 saturated carbocycles. The van der Waals surface area contributed by atoms with Gasteiger partial charge in [-0.15, -0.1) is 13.2 Å². The molecule has 1 aliphatic heterocycles. The minimum Gasteiger partial charge on any atom is -0.453 e. The molecule has 0 fully saturated rings. The second-order valence-electron chi connectivity index (χ2n) is 5.06. The van der Waals surface area contributed by atoms with Crippen molar-refractivity contribution in [1.29, 1.82) is 0 Å². The molecular formula is C19H18O3. The van der Waals surface area contributed by atoms with Crippen LogP contribution in [0.1, 0.15) is 11.1 Å². The number of hydrogen-bond acceptors (Lipinski definition) is 3. The van der Waals surface area contributed by atoms with Crippen LogP contribution in [0.3, 0.4) is 0 Å². The van der Waals surface area contributed by atoms with Gasteiger partial charge in [0.15, 0.2) is 11.5 Å². The topological polar surface area (TPSA) is 27.7 Å². The molecule has 0 spiro atoms. The normalized spacial score (nSPS) is 12.0. The molecule has 0 amide bonds. The minimum absolute atomic E-state index is 0.224. The van der Waals surface area contributed by atoms with Gasteiger partial charge in [-0.1, -0.05) is 24.3 Å². The Hall–Kier alpha value is -2.68. The number of hydrogen-bond donors (Lipinski definition) is 0. The highest BCUT2D eigenvalue weighted by Gasteiger charge is 2.20. The molecule has 22 heavy (non-hydrogen) atoms. The SMILES string of the molecule is C=CCc1ccc(Oc2cc(CC=C)cc3c2OCO3)cc1. The summed E-state index contributed by atoms with van der Waals surface area (Å²) in [6.07, 6.45) is 5.34. The van der Waals surface area contributed by atoms with Crippen molar-refractivity contribution in [2.24, 2.45) is 0 Å². The van der Waals surface area contributed by atoms with Gasteiger partial charge in [-0.25, -0.2) is 0 Å². The largest absolute Gasteiger partial charge is 0.453 e. The molecule has 3 heteroatoms. The van der Waals surface area contributed by atoms with E-state index in [0.717, 1.165) is 29.9 Å². The molecule has 0 aliphatic carbocycles. The van der Waals surface area contributed by atoms with E-state index in [-0.39, 0.29) is 6.79 Å². The smallest absolute Gasteiger partial charge is 0.231 e. The van der Waals surface area contributed by atoms with Gasteiger partial charge in [-0.3, -0.25) is 0 Å². The van der Waals surface area contributed by atoms with E-state index < -0.39 is 0 Å². The Balaban J connectivity index is 1.87. The molecule has 112 valence electrons. The van der Waals surface area contributed by atoms with Crippen molar-refractivity contribution in [3.8, 4) is 23.0 Å². The Morgan fingerprint density at radius 2 is 1.68 bits per heavy atom. The lowest BCUT2D eigenvalue weighted by molar-refractivity contribution is 0.172. The summed E-state index contributed by atoms with van der Waals surface area (Å²) in [6, 6.07) is 11.9. The summed E-state index contributed by atoms with van der Waals surface area (Å²) in [5, 5.41) is 0. The van der Waals surface area contributed by atoms with Crippen molar-refractivity contribution < 1.29 is 14.2 Å². The Bertz CT molecular complexity index is 687. The van der Waals surface area contributed by atoms with E-state index in [1.807, 2.05) is 48.6 Å². The third-order valence-electron chi connectivity index (χ3n) is 3.41. The van der Waals surface area contributed by atoms with Gasteiger partial charge >= 0.3 is 0 Å². The van der Waals surface area contributed by atoms with E-state index in [1.165, 1.54) is 5.56 Å². The van der Waals surface area contributed by atoms with Gasteiger partial charge in [-0.05, 0) is 48.2 Å². The van der Waals surface area contributed by atoms with E-state index in [9.17, 15) is 0 Å². The van der Waals surface area contributed by atoms with Crippen LogP contribution in [0.2, 0.25) is 0 Å². The van der Waals surface area contributed by atoms with Crippen LogP contribution in [0.5, 0.6) is 23.0 Å². The van der Waals surface area contributed by atoms with Crippen molar-refractivity contribution in [2.75, 3.05) is 6.79 Å². The van der Waals surface area contributed by atoms with E-state index in [4.69, 9.17) is 14.2 Å². The fourth-order valence-electron chi connectivity index (χ4n) is 2.38. The maximum atomic E-state index is 5.98. The second-order valence-corrected chi connectivity index (χ2v) is 5.06. The zero-order valence-corrected chi connectivity index (χ0v) is 12.4. The van der Waals surface area contributed by atoms with Crippen molar-refractivity contribution in [1.82, 2.24) is 0 Å². The molecule has 1 heterocycles. The van der Waals surface area contributed by atoms with Gasteiger partial charge in [-0.2, -0.15) is 0 Å². The summed E-state index contributed by atoms with van der Waals surface area (Å²) in [7, 11) is 0. The highest BCUT2D eigenvalue weighted by Crippen LogP contribution is 2.43. The second kappa shape index (κ2) is 6.39. The first-order chi connectivity index (χ1) is 10.8. The molecule has 0 N–H and O–H groups in total. The Morgan fingerprint density at radius 1 is 0.955 bits per heavy atom. The molecule has 2 aromatic rings. The molecule has 0 aromatic heterocycles. The predicted molar refractivity (Wildman–Crippen MR) is 86.9 cm³/mol. The van der Waals surface area contributed by atoms with Gasteiger partial charge in [0.25, 0.3) is 0 Å². The van der Waals surface area contributed by atoms with E-state index in [2.05, 4.69) is 13.2 Å². The lowest BCUT2D eigenvalue weighted by atomic mass is 10.1. The van der Waals surface area contributed by atoms with Gasteiger partial charge in [0, 0.05) is 0 Å². The van der Waals surface area contributed by atoms with Crippen LogP contribution in [-0.4, -0.2) is 6.79 Å². The Labute approximate surface area is 130 Å². The van der Waals surface area contributed by atoms with Crippen molar-refractivity contribution >= 4 is 0 Å². The molecule has 2 aromatic carbocycles. The molecule has 0 atom stereocenters. The van der Waals surface area contributed by atoms with E-state index in [0.29, 0.717) is 11.5 Å². The monoisotopic (exact) mass is 294 g/mol. The number of benzene rings is 2. The predicted octanol–water partition coefficient (Wildman–Crippen LogP) is 4.66. The summed E-state index contributed by atoms with van der Waals surface area (Å²) >= 11 is 0. The lowest BCUT2D eigenvalue weighted by Crippen LogP contribution is -1.94. The first-order valence-electron chi connectivity index (χ1n) is 7.21. The van der Waals surface area contributed by atoms with Gasteiger partial charge in [0.1, 0.15) is 5.75 Å². The Kier molecular flexibility index (Phi) is 4.15. The number of fused-ring (bicyclic) bond motifs is 1. The number of rotatable bonds is 6. The fraction of sp³-hybridized carbons (Fsp3) is 0.158. The van der Waals surface area contributed by atoms with Crippen LogP contribution in [-0.2, 0) is 12.8 Å².